The normalized spacial score (nSPS) is 23.2. The molecule has 1 spiro atoms. The van der Waals surface area contributed by atoms with Gasteiger partial charge >= 0.3 is 0 Å². The van der Waals surface area contributed by atoms with Gasteiger partial charge in [0.05, 0.1) is 27.5 Å². The van der Waals surface area contributed by atoms with Crippen molar-refractivity contribution in [3.8, 4) is 0 Å². The zero-order valence-corrected chi connectivity index (χ0v) is 25.2. The molecule has 222 valence electrons. The first-order valence-electron chi connectivity index (χ1n) is 14.4. The van der Waals surface area contributed by atoms with Gasteiger partial charge in [-0.25, -0.2) is 4.98 Å². The van der Waals surface area contributed by atoms with Gasteiger partial charge in [-0.15, -0.1) is 0 Å². The molecule has 0 radical (unpaired) electrons. The van der Waals surface area contributed by atoms with Gasteiger partial charge in [0.2, 0.25) is 24.1 Å². The highest BCUT2D eigenvalue weighted by molar-refractivity contribution is 6.35. The van der Waals surface area contributed by atoms with E-state index in [1.807, 2.05) is 31.2 Å². The number of carbonyl (C=O) groups is 3. The molecule has 1 aromatic carbocycles. The average molecular weight is 593 g/mol. The minimum atomic E-state index is -1.17. The molecule has 2 aromatic rings. The predicted octanol–water partition coefficient (Wildman–Crippen LogP) is 4.44. The van der Waals surface area contributed by atoms with Gasteiger partial charge in [0, 0.05) is 24.5 Å². The summed E-state index contributed by atoms with van der Waals surface area (Å²) in [5.74, 6) is 0.153. The summed E-state index contributed by atoms with van der Waals surface area (Å²) in [5.41, 5.74) is 4.05. The number of amides is 3. The van der Waals surface area contributed by atoms with Crippen LogP contribution in [0.4, 0.5) is 22.9 Å². The van der Waals surface area contributed by atoms with Gasteiger partial charge in [-0.1, -0.05) is 56.5 Å². The number of anilines is 4. The molecule has 0 saturated heterocycles. The number of likely N-dealkylation sites (N-methyl/N-ethyl adjacent to an activating group) is 1. The molecule has 42 heavy (non-hydrogen) atoms. The number of carbonyl (C=O) groups excluding carboxylic acids is 3. The van der Waals surface area contributed by atoms with E-state index in [0.29, 0.717) is 40.7 Å². The number of aromatic nitrogens is 1. The van der Waals surface area contributed by atoms with Crippen molar-refractivity contribution in [1.82, 2.24) is 10.3 Å². The summed E-state index contributed by atoms with van der Waals surface area (Å²) in [4.78, 5) is 47.3. The maximum atomic E-state index is 13.1. The molecule has 3 N–H and O–H groups in total. The monoisotopic (exact) mass is 592 g/mol. The summed E-state index contributed by atoms with van der Waals surface area (Å²) in [7, 11) is 1.65. The molecule has 1 aliphatic carbocycles. The Morgan fingerprint density at radius 3 is 2.74 bits per heavy atom. The van der Waals surface area contributed by atoms with Gasteiger partial charge < -0.3 is 30.4 Å². The number of hydrogen-bond acceptors (Lipinski definition) is 7. The van der Waals surface area contributed by atoms with Crippen LogP contribution in [0.5, 0.6) is 0 Å². The highest BCUT2D eigenvalue weighted by atomic mass is 35.5. The van der Waals surface area contributed by atoms with Gasteiger partial charge in [-0.2, -0.15) is 0 Å². The minimum absolute atomic E-state index is 0.00705. The standard InChI is InChI=1S/C28H29ClN6O4.C3H8/c1-3-17(7-6-16-10-11-28(13-16)18-5-4-12-30-25(18)32-26(28)38)31-21(36)14-34-20-9-8-19(29)23-24(20)35(27(34)39)15-22(37)33(23)2;1-3-2/h4-9,12,27,39H,3,10-11,13-15H2,1-2H3,(H,31,36)(H,30,32,38);3H2,1-2H3/b16-6+,17-7+;. The predicted molar refractivity (Wildman–Crippen MR) is 165 cm³/mol. The zero-order valence-electron chi connectivity index (χ0n) is 24.4. The van der Waals surface area contributed by atoms with Crippen molar-refractivity contribution in [2.24, 2.45) is 0 Å². The molecule has 2 atom stereocenters. The molecular weight excluding hydrogens is 556 g/mol. The molecule has 0 bridgehead atoms. The lowest BCUT2D eigenvalue weighted by Crippen LogP contribution is -2.52. The highest BCUT2D eigenvalue weighted by Crippen LogP contribution is 2.51. The summed E-state index contributed by atoms with van der Waals surface area (Å²) in [6, 6.07) is 7.25. The van der Waals surface area contributed by atoms with Crippen molar-refractivity contribution in [3.05, 3.63) is 64.5 Å². The Hall–Kier alpha value is -3.89. The Bertz CT molecular complexity index is 1490. The van der Waals surface area contributed by atoms with Gasteiger partial charge in [-0.05, 0) is 50.0 Å². The molecule has 4 aliphatic rings. The third-order valence-electron chi connectivity index (χ3n) is 8.16. The molecule has 3 amide bonds. The van der Waals surface area contributed by atoms with E-state index in [2.05, 4.69) is 29.5 Å². The van der Waals surface area contributed by atoms with Crippen LogP contribution in [0.1, 0.15) is 58.4 Å². The molecule has 4 heterocycles. The van der Waals surface area contributed by atoms with Crippen molar-refractivity contribution in [2.45, 2.75) is 64.6 Å². The van der Waals surface area contributed by atoms with Crippen LogP contribution in [0.25, 0.3) is 0 Å². The van der Waals surface area contributed by atoms with Crippen LogP contribution in [-0.4, -0.2) is 54.3 Å². The number of fused-ring (bicyclic) bond motifs is 2. The van der Waals surface area contributed by atoms with Crippen LogP contribution < -0.4 is 25.3 Å². The number of allylic oxidation sites excluding steroid dienone is 4. The summed E-state index contributed by atoms with van der Waals surface area (Å²) >= 11 is 6.38. The maximum Gasteiger partial charge on any atom is 0.246 e. The summed E-state index contributed by atoms with van der Waals surface area (Å²) in [5, 5.41) is 17.3. The number of aliphatic hydroxyl groups is 1. The second-order valence-corrected chi connectivity index (χ2v) is 11.5. The number of halogens is 1. The molecule has 1 fully saturated rings. The van der Waals surface area contributed by atoms with Crippen molar-refractivity contribution in [1.29, 1.82) is 0 Å². The van der Waals surface area contributed by atoms with E-state index in [4.69, 9.17) is 11.6 Å². The van der Waals surface area contributed by atoms with E-state index < -0.39 is 11.8 Å². The molecule has 2 unspecified atom stereocenters. The Morgan fingerprint density at radius 1 is 1.24 bits per heavy atom. The number of nitrogens with one attached hydrogen (secondary N) is 2. The third-order valence-corrected chi connectivity index (χ3v) is 8.46. The van der Waals surface area contributed by atoms with Gasteiger partial charge in [0.25, 0.3) is 0 Å². The number of nitrogens with zero attached hydrogens (tertiary/aromatic N) is 4. The van der Waals surface area contributed by atoms with Gasteiger partial charge in [0.15, 0.2) is 0 Å². The first-order chi connectivity index (χ1) is 20.1. The van der Waals surface area contributed by atoms with Crippen LogP contribution in [0.15, 0.2) is 53.9 Å². The lowest BCUT2D eigenvalue weighted by Gasteiger charge is -2.34. The number of pyridine rings is 1. The largest absolute Gasteiger partial charge is 0.356 e. The fraction of sp³-hybridized carbons (Fsp3) is 0.419. The average Bonchev–Trinajstić information content (AvgIpc) is 3.60. The molecule has 3 aliphatic heterocycles. The quantitative estimate of drug-likeness (QED) is 0.470. The summed E-state index contributed by atoms with van der Waals surface area (Å²) < 4.78 is 0. The van der Waals surface area contributed by atoms with Crippen molar-refractivity contribution < 1.29 is 19.5 Å². The number of hydrogen-bond donors (Lipinski definition) is 3. The maximum absolute atomic E-state index is 13.1. The van der Waals surface area contributed by atoms with E-state index >= 15 is 0 Å². The van der Waals surface area contributed by atoms with Crippen molar-refractivity contribution >= 4 is 52.2 Å². The summed E-state index contributed by atoms with van der Waals surface area (Å²) in [6.07, 6.45) is 8.37. The number of rotatable bonds is 5. The fourth-order valence-corrected chi connectivity index (χ4v) is 6.35. The molecule has 10 nitrogen and oxygen atoms in total. The molecule has 11 heteroatoms. The molecule has 1 aromatic heterocycles. The van der Waals surface area contributed by atoms with E-state index in [1.54, 1.807) is 35.2 Å². The van der Waals surface area contributed by atoms with Crippen LogP contribution in [0.3, 0.4) is 0 Å². The Morgan fingerprint density at radius 2 is 2.00 bits per heavy atom. The number of benzene rings is 1. The molecule has 6 rings (SSSR count). The topological polar surface area (TPSA) is 118 Å². The molecule has 1 saturated carbocycles. The lowest BCUT2D eigenvalue weighted by molar-refractivity contribution is -0.121. The zero-order chi connectivity index (χ0) is 30.2. The second kappa shape index (κ2) is 11.8. The van der Waals surface area contributed by atoms with Gasteiger partial charge in [-0.3, -0.25) is 14.4 Å². The Kier molecular flexibility index (Phi) is 8.30. The smallest absolute Gasteiger partial charge is 0.246 e. The Labute approximate surface area is 251 Å². The van der Waals surface area contributed by atoms with Gasteiger partial charge in [0.1, 0.15) is 18.9 Å². The molecular formula is C31H37ClN6O4. The number of aliphatic hydroxyl groups excluding tert-OH is 1. The second-order valence-electron chi connectivity index (χ2n) is 11.1. The first-order valence-corrected chi connectivity index (χ1v) is 14.8. The van der Waals surface area contributed by atoms with Crippen molar-refractivity contribution in [3.63, 3.8) is 0 Å². The highest BCUT2D eigenvalue weighted by Gasteiger charge is 2.50. The van der Waals surface area contributed by atoms with Crippen LogP contribution in [0.2, 0.25) is 5.02 Å². The van der Waals surface area contributed by atoms with E-state index in [0.717, 1.165) is 29.7 Å². The van der Waals surface area contributed by atoms with E-state index in [1.165, 1.54) is 11.3 Å². The van der Waals surface area contributed by atoms with Crippen LogP contribution in [0, 0.1) is 0 Å². The van der Waals surface area contributed by atoms with Crippen molar-refractivity contribution in [2.75, 3.05) is 40.2 Å². The van der Waals surface area contributed by atoms with E-state index in [-0.39, 0.29) is 30.8 Å². The first kappa shape index (κ1) is 29.6. The Balaban J connectivity index is 0.00000113. The van der Waals surface area contributed by atoms with Crippen LogP contribution in [-0.2, 0) is 19.8 Å². The van der Waals surface area contributed by atoms with Crippen LogP contribution >= 0.6 is 11.6 Å². The SMILES string of the molecule is CC/C(=C\C=C1/CCC2(C1)C(=O)Nc1ncccc12)NC(=O)CN1c2ccc(Cl)c3c2N(CC(=O)N3C)C1O.CCC. The van der Waals surface area contributed by atoms with E-state index in [9.17, 15) is 19.5 Å². The summed E-state index contributed by atoms with van der Waals surface area (Å²) in [6.45, 7) is 6.08. The lowest BCUT2D eigenvalue weighted by atomic mass is 9.80. The fourth-order valence-electron chi connectivity index (χ4n) is 6.08. The minimum Gasteiger partial charge on any atom is -0.356 e. The third kappa shape index (κ3) is 5.03.